The molecule has 4 heterocycles. The molecule has 2 atom stereocenters. The van der Waals surface area contributed by atoms with Gasteiger partial charge in [0.25, 0.3) is 5.91 Å². The highest BCUT2D eigenvalue weighted by atomic mass is 32.1. The van der Waals surface area contributed by atoms with Crippen molar-refractivity contribution in [1.82, 2.24) is 4.90 Å². The molecule has 2 aromatic rings. The smallest absolute Gasteiger partial charge is 0.255 e. The van der Waals surface area contributed by atoms with Crippen molar-refractivity contribution in [2.75, 3.05) is 11.4 Å². The number of thiophene rings is 2. The molecule has 2 saturated heterocycles. The highest BCUT2D eigenvalue weighted by Gasteiger charge is 2.49. The van der Waals surface area contributed by atoms with Crippen molar-refractivity contribution in [2.45, 2.75) is 24.9 Å². The number of carbonyl (C=O) groups is 2. The van der Waals surface area contributed by atoms with E-state index < -0.39 is 0 Å². The second-order valence-corrected chi connectivity index (χ2v) is 6.94. The number of nitrogens with zero attached hydrogens (tertiary/aromatic N) is 2. The van der Waals surface area contributed by atoms with Crippen LogP contribution in [0.5, 0.6) is 0 Å². The fourth-order valence-corrected chi connectivity index (χ4v) is 4.64. The Hall–Kier alpha value is -1.66. The molecule has 108 valence electrons. The minimum absolute atomic E-state index is 0.0183. The maximum atomic E-state index is 12.6. The van der Waals surface area contributed by atoms with E-state index in [0.717, 1.165) is 24.2 Å². The number of hydrogen-bond donors (Lipinski definition) is 0. The van der Waals surface area contributed by atoms with Crippen LogP contribution in [0.1, 0.15) is 23.2 Å². The van der Waals surface area contributed by atoms with E-state index in [0.29, 0.717) is 6.42 Å². The molecule has 0 saturated carbocycles. The summed E-state index contributed by atoms with van der Waals surface area (Å²) in [6.07, 6.45) is 1.30. The molecule has 0 N–H and O–H groups in total. The second kappa shape index (κ2) is 4.96. The van der Waals surface area contributed by atoms with Crippen LogP contribution in [0, 0.1) is 0 Å². The number of rotatable bonds is 2. The third-order valence-electron chi connectivity index (χ3n) is 4.31. The van der Waals surface area contributed by atoms with Gasteiger partial charge in [0.2, 0.25) is 5.91 Å². The van der Waals surface area contributed by atoms with Gasteiger partial charge in [-0.15, -0.1) is 0 Å². The molecule has 4 rings (SSSR count). The number of fused-ring (bicyclic) bond motifs is 1. The number of anilines is 1. The van der Waals surface area contributed by atoms with Gasteiger partial charge in [-0.1, -0.05) is 0 Å². The molecule has 0 aromatic carbocycles. The summed E-state index contributed by atoms with van der Waals surface area (Å²) in [5.74, 6) is 0.190. The number of amides is 2. The van der Waals surface area contributed by atoms with Crippen LogP contribution < -0.4 is 4.90 Å². The van der Waals surface area contributed by atoms with Crippen molar-refractivity contribution in [2.24, 2.45) is 0 Å². The fourth-order valence-electron chi connectivity index (χ4n) is 3.38. The molecule has 2 aliphatic heterocycles. The molecule has 0 aliphatic carbocycles. The fraction of sp³-hybridized carbons (Fsp3) is 0.333. The van der Waals surface area contributed by atoms with Crippen molar-refractivity contribution < 1.29 is 9.59 Å². The summed E-state index contributed by atoms with van der Waals surface area (Å²) in [5.41, 5.74) is 1.71. The molecule has 2 amide bonds. The largest absolute Gasteiger partial charge is 0.333 e. The van der Waals surface area contributed by atoms with Gasteiger partial charge in [0.1, 0.15) is 0 Å². The summed E-state index contributed by atoms with van der Waals surface area (Å²) < 4.78 is 0. The zero-order valence-electron chi connectivity index (χ0n) is 11.3. The molecule has 0 spiro atoms. The summed E-state index contributed by atoms with van der Waals surface area (Å²) in [5, 5.41) is 7.78. The lowest BCUT2D eigenvalue weighted by atomic mass is 10.1. The average Bonchev–Trinajstić information content (AvgIpc) is 3.23. The first-order valence-corrected chi connectivity index (χ1v) is 8.81. The average molecular weight is 318 g/mol. The van der Waals surface area contributed by atoms with E-state index in [-0.39, 0.29) is 23.9 Å². The Morgan fingerprint density at radius 2 is 1.95 bits per heavy atom. The van der Waals surface area contributed by atoms with Gasteiger partial charge in [0.05, 0.1) is 23.3 Å². The predicted molar refractivity (Wildman–Crippen MR) is 84.0 cm³/mol. The van der Waals surface area contributed by atoms with Gasteiger partial charge in [0, 0.05) is 23.7 Å². The Balaban J connectivity index is 1.61. The van der Waals surface area contributed by atoms with Crippen molar-refractivity contribution >= 4 is 40.2 Å². The van der Waals surface area contributed by atoms with Crippen LogP contribution in [-0.4, -0.2) is 35.3 Å². The molecule has 4 nitrogen and oxygen atoms in total. The lowest BCUT2D eigenvalue weighted by molar-refractivity contribution is -0.117. The van der Waals surface area contributed by atoms with Crippen molar-refractivity contribution in [3.63, 3.8) is 0 Å². The normalized spacial score (nSPS) is 24.7. The van der Waals surface area contributed by atoms with Gasteiger partial charge in [-0.2, -0.15) is 22.7 Å². The zero-order valence-corrected chi connectivity index (χ0v) is 12.9. The molecule has 2 aliphatic rings. The molecule has 6 heteroatoms. The number of carbonyl (C=O) groups excluding carboxylic acids is 2. The molecule has 2 aromatic heterocycles. The van der Waals surface area contributed by atoms with Crippen LogP contribution in [0.3, 0.4) is 0 Å². The lowest BCUT2D eigenvalue weighted by Gasteiger charge is -2.24. The molecule has 2 fully saturated rings. The minimum atomic E-state index is 0.0183. The van der Waals surface area contributed by atoms with Crippen LogP contribution in [0.15, 0.2) is 33.7 Å². The van der Waals surface area contributed by atoms with E-state index in [2.05, 4.69) is 0 Å². The maximum absolute atomic E-state index is 12.6. The van der Waals surface area contributed by atoms with Gasteiger partial charge >= 0.3 is 0 Å². The van der Waals surface area contributed by atoms with E-state index in [1.165, 1.54) is 11.3 Å². The van der Waals surface area contributed by atoms with Gasteiger partial charge in [-0.3, -0.25) is 9.59 Å². The van der Waals surface area contributed by atoms with Crippen LogP contribution >= 0.6 is 22.7 Å². The second-order valence-electron chi connectivity index (χ2n) is 5.38. The van der Waals surface area contributed by atoms with Crippen LogP contribution in [0.2, 0.25) is 0 Å². The summed E-state index contributed by atoms with van der Waals surface area (Å²) >= 11 is 3.12. The standard InChI is InChI=1S/C15H14N2O2S2/c18-14-7-13-12(17(14)11-3-6-21-9-11)1-4-16(13)15(19)10-2-5-20-8-10/h2-3,5-6,8-9,12-13H,1,4,7H2/t12-,13+/m1/s1. The van der Waals surface area contributed by atoms with E-state index in [1.54, 1.807) is 11.3 Å². The van der Waals surface area contributed by atoms with Crippen LogP contribution in [-0.2, 0) is 4.79 Å². The van der Waals surface area contributed by atoms with Crippen LogP contribution in [0.4, 0.5) is 5.69 Å². The molecule has 0 bridgehead atoms. The quantitative estimate of drug-likeness (QED) is 0.854. The molecular formula is C15H14N2O2S2. The van der Waals surface area contributed by atoms with Crippen molar-refractivity contribution in [3.05, 3.63) is 39.2 Å². The van der Waals surface area contributed by atoms with Gasteiger partial charge in [-0.05, 0) is 29.3 Å². The summed E-state index contributed by atoms with van der Waals surface area (Å²) in [6.45, 7) is 0.734. The molecule has 0 radical (unpaired) electrons. The van der Waals surface area contributed by atoms with E-state index in [9.17, 15) is 9.59 Å². The minimum Gasteiger partial charge on any atom is -0.333 e. The van der Waals surface area contributed by atoms with Crippen molar-refractivity contribution in [1.29, 1.82) is 0 Å². The van der Waals surface area contributed by atoms with Gasteiger partial charge in [0.15, 0.2) is 0 Å². The first-order valence-electron chi connectivity index (χ1n) is 6.93. The Morgan fingerprint density at radius 1 is 1.14 bits per heavy atom. The Bertz CT molecular complexity index is 666. The third-order valence-corrected chi connectivity index (χ3v) is 5.66. The predicted octanol–water partition coefficient (Wildman–Crippen LogP) is 2.83. The first-order chi connectivity index (χ1) is 10.3. The number of hydrogen-bond acceptors (Lipinski definition) is 4. The van der Waals surface area contributed by atoms with Gasteiger partial charge in [-0.25, -0.2) is 0 Å². The Kier molecular flexibility index (Phi) is 3.08. The Labute approximate surface area is 130 Å². The summed E-state index contributed by atoms with van der Waals surface area (Å²) in [6, 6.07) is 3.99. The maximum Gasteiger partial charge on any atom is 0.255 e. The van der Waals surface area contributed by atoms with Crippen molar-refractivity contribution in [3.8, 4) is 0 Å². The third kappa shape index (κ3) is 2.01. The zero-order chi connectivity index (χ0) is 14.4. The molecule has 0 unspecified atom stereocenters. The molecule has 21 heavy (non-hydrogen) atoms. The van der Waals surface area contributed by atoms with Gasteiger partial charge < -0.3 is 9.80 Å². The van der Waals surface area contributed by atoms with E-state index >= 15 is 0 Å². The lowest BCUT2D eigenvalue weighted by Crippen LogP contribution is -2.39. The highest BCUT2D eigenvalue weighted by molar-refractivity contribution is 7.08. The summed E-state index contributed by atoms with van der Waals surface area (Å²) in [7, 11) is 0. The van der Waals surface area contributed by atoms with Crippen LogP contribution in [0.25, 0.3) is 0 Å². The van der Waals surface area contributed by atoms with E-state index in [4.69, 9.17) is 0 Å². The van der Waals surface area contributed by atoms with E-state index in [1.807, 2.05) is 43.5 Å². The first kappa shape index (κ1) is 13.0. The topological polar surface area (TPSA) is 40.6 Å². The highest BCUT2D eigenvalue weighted by Crippen LogP contribution is 2.37. The monoisotopic (exact) mass is 318 g/mol. The Morgan fingerprint density at radius 3 is 2.67 bits per heavy atom. The SMILES string of the molecule is O=C(c1ccsc1)N1CC[C@@H]2[C@@H]1CC(=O)N2c1ccsc1. The number of likely N-dealkylation sites (tertiary alicyclic amines) is 1. The molecular weight excluding hydrogens is 304 g/mol. The summed E-state index contributed by atoms with van der Waals surface area (Å²) in [4.78, 5) is 28.7.